The van der Waals surface area contributed by atoms with Gasteiger partial charge in [-0.3, -0.25) is 4.79 Å². The maximum atomic E-state index is 13.3. The molecule has 1 unspecified atom stereocenters. The van der Waals surface area contributed by atoms with Gasteiger partial charge < -0.3 is 25.4 Å². The van der Waals surface area contributed by atoms with Gasteiger partial charge in [0.05, 0.1) is 17.9 Å². The van der Waals surface area contributed by atoms with E-state index in [4.69, 9.17) is 5.11 Å². The minimum absolute atomic E-state index is 0.0913. The third-order valence-corrected chi connectivity index (χ3v) is 6.51. The number of nitrogens with one attached hydrogen (secondary N) is 3. The number of aliphatic hydroxyl groups is 1. The van der Waals surface area contributed by atoms with E-state index in [1.54, 1.807) is 12.3 Å². The molecule has 0 aliphatic carbocycles. The summed E-state index contributed by atoms with van der Waals surface area (Å²) in [5.41, 5.74) is 2.21. The van der Waals surface area contributed by atoms with Crippen LogP contribution in [0.1, 0.15) is 48.2 Å². The van der Waals surface area contributed by atoms with Gasteiger partial charge in [0.1, 0.15) is 11.6 Å². The van der Waals surface area contributed by atoms with Crippen molar-refractivity contribution in [3.05, 3.63) is 29.6 Å². The molecule has 2 aromatic rings. The molecule has 4 heterocycles. The number of piperidine rings is 1. The van der Waals surface area contributed by atoms with E-state index in [1.807, 2.05) is 13.0 Å². The molecule has 4 N–H and O–H groups in total. The molecule has 1 atom stereocenters. The van der Waals surface area contributed by atoms with Gasteiger partial charge in [0, 0.05) is 49.4 Å². The Morgan fingerprint density at radius 2 is 2.12 bits per heavy atom. The SMILES string of the molecule is Cc1cc2nc(n1)NCCCCC1CCCN(C1)c1cc(NSCCO)ncc1C(=O)N2. The number of hydrogen-bond donors (Lipinski definition) is 4. The predicted octanol–water partition coefficient (Wildman–Crippen LogP) is 3.30. The second-order valence-electron chi connectivity index (χ2n) is 8.31. The largest absolute Gasteiger partial charge is 0.395 e. The first-order valence-corrected chi connectivity index (χ1v) is 12.3. The molecule has 4 rings (SSSR count). The summed E-state index contributed by atoms with van der Waals surface area (Å²) in [5.74, 6) is 2.63. The van der Waals surface area contributed by atoms with Crippen LogP contribution in [0.5, 0.6) is 0 Å². The molecule has 0 spiro atoms. The second-order valence-corrected chi connectivity index (χ2v) is 9.21. The number of fused-ring (bicyclic) bond motifs is 6. The highest BCUT2D eigenvalue weighted by Crippen LogP contribution is 2.31. The van der Waals surface area contributed by atoms with Crippen LogP contribution in [0.3, 0.4) is 0 Å². The molecule has 1 saturated heterocycles. The van der Waals surface area contributed by atoms with Crippen LogP contribution in [-0.2, 0) is 0 Å². The van der Waals surface area contributed by atoms with Gasteiger partial charge in [0.25, 0.3) is 5.91 Å². The summed E-state index contributed by atoms with van der Waals surface area (Å²) in [5, 5.41) is 15.3. The van der Waals surface area contributed by atoms with Crippen LogP contribution < -0.4 is 20.3 Å². The third-order valence-electron chi connectivity index (χ3n) is 5.77. The highest BCUT2D eigenvalue weighted by Gasteiger charge is 2.25. The molecular weight excluding hydrogens is 426 g/mol. The Morgan fingerprint density at radius 3 is 3.00 bits per heavy atom. The normalized spacial score (nSPS) is 19.1. The average Bonchev–Trinajstić information content (AvgIpc) is 2.78. The van der Waals surface area contributed by atoms with E-state index >= 15 is 0 Å². The van der Waals surface area contributed by atoms with Gasteiger partial charge in [-0.05, 0) is 50.5 Å². The summed E-state index contributed by atoms with van der Waals surface area (Å²) in [4.78, 5) is 28.9. The van der Waals surface area contributed by atoms with Crippen LogP contribution in [-0.4, -0.2) is 58.0 Å². The van der Waals surface area contributed by atoms with Gasteiger partial charge in [-0.15, -0.1) is 0 Å². The molecule has 4 bridgehead atoms. The van der Waals surface area contributed by atoms with Crippen molar-refractivity contribution in [1.82, 2.24) is 15.0 Å². The fourth-order valence-corrected chi connectivity index (χ4v) is 4.73. The van der Waals surface area contributed by atoms with E-state index in [2.05, 4.69) is 35.2 Å². The first-order chi connectivity index (χ1) is 15.6. The van der Waals surface area contributed by atoms with Gasteiger partial charge in [-0.1, -0.05) is 6.42 Å². The summed E-state index contributed by atoms with van der Waals surface area (Å²) in [7, 11) is 0. The van der Waals surface area contributed by atoms with Crippen LogP contribution in [0.4, 0.5) is 23.3 Å². The zero-order valence-electron chi connectivity index (χ0n) is 18.4. The zero-order chi connectivity index (χ0) is 22.3. The van der Waals surface area contributed by atoms with E-state index in [-0.39, 0.29) is 12.5 Å². The highest BCUT2D eigenvalue weighted by atomic mass is 32.2. The summed E-state index contributed by atoms with van der Waals surface area (Å²) < 4.78 is 3.17. The molecule has 9 nitrogen and oxygen atoms in total. The Bertz CT molecular complexity index is 942. The van der Waals surface area contributed by atoms with E-state index in [0.29, 0.717) is 34.8 Å². The zero-order valence-corrected chi connectivity index (χ0v) is 19.2. The van der Waals surface area contributed by atoms with E-state index in [9.17, 15) is 4.79 Å². The quantitative estimate of drug-likeness (QED) is 0.405. The number of aliphatic hydroxyl groups excluding tert-OH is 1. The maximum absolute atomic E-state index is 13.3. The lowest BCUT2D eigenvalue weighted by molar-refractivity contribution is 0.102. The minimum Gasteiger partial charge on any atom is -0.395 e. The van der Waals surface area contributed by atoms with Crippen molar-refractivity contribution in [2.45, 2.75) is 39.0 Å². The number of aryl methyl sites for hydroxylation is 1. The Hall–Kier alpha value is -2.59. The van der Waals surface area contributed by atoms with Crippen molar-refractivity contribution >= 4 is 41.1 Å². The van der Waals surface area contributed by atoms with Gasteiger partial charge >= 0.3 is 0 Å². The van der Waals surface area contributed by atoms with Crippen LogP contribution in [0.25, 0.3) is 0 Å². The summed E-state index contributed by atoms with van der Waals surface area (Å²) in [6.45, 7) is 4.66. The number of anilines is 4. The Kier molecular flexibility index (Phi) is 7.64. The van der Waals surface area contributed by atoms with E-state index < -0.39 is 0 Å². The van der Waals surface area contributed by atoms with Crippen molar-refractivity contribution in [3.63, 3.8) is 0 Å². The molecule has 32 heavy (non-hydrogen) atoms. The maximum Gasteiger partial charge on any atom is 0.260 e. The molecular formula is C22H31N7O2S. The van der Waals surface area contributed by atoms with Crippen LogP contribution in [0.15, 0.2) is 18.3 Å². The predicted molar refractivity (Wildman–Crippen MR) is 129 cm³/mol. The number of pyridine rings is 1. The van der Waals surface area contributed by atoms with Crippen LogP contribution in [0.2, 0.25) is 0 Å². The summed E-state index contributed by atoms with van der Waals surface area (Å²) >= 11 is 1.39. The fraction of sp³-hybridized carbons (Fsp3) is 0.545. The molecule has 172 valence electrons. The van der Waals surface area contributed by atoms with Crippen molar-refractivity contribution in [1.29, 1.82) is 0 Å². The van der Waals surface area contributed by atoms with Gasteiger partial charge in [0.2, 0.25) is 5.95 Å². The van der Waals surface area contributed by atoms with Crippen LogP contribution >= 0.6 is 11.9 Å². The smallest absolute Gasteiger partial charge is 0.260 e. The van der Waals surface area contributed by atoms with Crippen LogP contribution in [0, 0.1) is 12.8 Å². The molecule has 0 saturated carbocycles. The Labute approximate surface area is 193 Å². The van der Waals surface area contributed by atoms with Gasteiger partial charge in [0.15, 0.2) is 0 Å². The molecule has 1 amide bonds. The molecule has 0 aromatic carbocycles. The fourth-order valence-electron chi connectivity index (χ4n) is 4.28. The molecule has 0 radical (unpaired) electrons. The standard InChI is InChI=1S/C22H31N7O2S/c1-15-11-20-26-21(31)17-13-24-19(28-32-10-9-30)12-18(17)29-8-4-6-16(14-29)5-2-3-7-23-22(25-15)27-20/h11-13,16,30H,2-10,14H2,1H3,(H,24,28)(H2,23,25,26,27,31). The third kappa shape index (κ3) is 5.80. The topological polar surface area (TPSA) is 115 Å². The van der Waals surface area contributed by atoms with E-state index in [1.165, 1.54) is 24.8 Å². The van der Waals surface area contributed by atoms with Gasteiger partial charge in [-0.2, -0.15) is 4.98 Å². The number of amides is 1. The number of rotatable bonds is 4. The first-order valence-electron chi connectivity index (χ1n) is 11.3. The molecule has 10 heteroatoms. The molecule has 2 aromatic heterocycles. The number of carbonyl (C=O) groups excluding carboxylic acids is 1. The van der Waals surface area contributed by atoms with Crippen molar-refractivity contribution in [3.8, 4) is 0 Å². The second kappa shape index (κ2) is 10.8. The summed E-state index contributed by atoms with van der Waals surface area (Å²) in [6.07, 6.45) is 7.34. The lowest BCUT2D eigenvalue weighted by Crippen LogP contribution is -2.36. The molecule has 2 aliphatic rings. The Morgan fingerprint density at radius 1 is 1.25 bits per heavy atom. The number of aromatic nitrogens is 3. The number of nitrogens with zero attached hydrogens (tertiary/aromatic N) is 4. The van der Waals surface area contributed by atoms with Crippen molar-refractivity contribution < 1.29 is 9.90 Å². The summed E-state index contributed by atoms with van der Waals surface area (Å²) in [6, 6.07) is 3.71. The molecule has 2 aliphatic heterocycles. The average molecular weight is 458 g/mol. The number of carbonyl (C=O) groups is 1. The first kappa shape index (κ1) is 22.6. The van der Waals surface area contributed by atoms with E-state index in [0.717, 1.165) is 50.3 Å². The monoisotopic (exact) mass is 457 g/mol. The van der Waals surface area contributed by atoms with Crippen molar-refractivity contribution in [2.75, 3.05) is 52.2 Å². The minimum atomic E-state index is -0.233. The molecule has 1 fully saturated rings. The number of hydrogen-bond acceptors (Lipinski definition) is 9. The van der Waals surface area contributed by atoms with Crippen molar-refractivity contribution in [2.24, 2.45) is 5.92 Å². The van der Waals surface area contributed by atoms with Gasteiger partial charge in [-0.25, -0.2) is 9.97 Å². The lowest BCUT2D eigenvalue weighted by Gasteiger charge is -2.35. The Balaban J connectivity index is 1.67. The highest BCUT2D eigenvalue weighted by molar-refractivity contribution is 8.00. The lowest BCUT2D eigenvalue weighted by atomic mass is 9.92.